The first-order valence-electron chi connectivity index (χ1n) is 7.59. The predicted octanol–water partition coefficient (Wildman–Crippen LogP) is 4.07. The van der Waals surface area contributed by atoms with Gasteiger partial charge in [-0.25, -0.2) is 8.42 Å². The molecule has 5 nitrogen and oxygen atoms in total. The molecule has 27 heavy (non-hydrogen) atoms. The van der Waals surface area contributed by atoms with Crippen molar-refractivity contribution in [2.75, 3.05) is 22.4 Å². The standard InChI is InChI=1S/C17H16ClF3N2O3S/c1-11-4-3-5-13(8-11)23(27(2,25)26)10-16(24)22-15-7-6-12(18)9-14(15)17(19,20)21/h3-9H,10H2,1-2H3,(H,22,24). The lowest BCUT2D eigenvalue weighted by Gasteiger charge is -2.23. The normalized spacial score (nSPS) is 11.9. The smallest absolute Gasteiger partial charge is 0.324 e. The number of benzene rings is 2. The molecule has 0 aliphatic heterocycles. The number of halogens is 4. The molecule has 2 aromatic carbocycles. The second-order valence-corrected chi connectivity index (χ2v) is 8.19. The van der Waals surface area contributed by atoms with Crippen LogP contribution in [0.15, 0.2) is 42.5 Å². The number of sulfonamides is 1. The van der Waals surface area contributed by atoms with Crippen LogP contribution in [-0.2, 0) is 21.0 Å². The van der Waals surface area contributed by atoms with Crippen LogP contribution in [0, 0.1) is 6.92 Å². The minimum absolute atomic E-state index is 0.141. The lowest BCUT2D eigenvalue weighted by molar-refractivity contribution is -0.137. The quantitative estimate of drug-likeness (QED) is 0.792. The number of rotatable bonds is 5. The van der Waals surface area contributed by atoms with Crippen molar-refractivity contribution >= 4 is 38.9 Å². The molecule has 0 spiro atoms. The third kappa shape index (κ3) is 5.61. The number of carbonyl (C=O) groups is 1. The molecule has 2 aromatic rings. The van der Waals surface area contributed by atoms with Crippen molar-refractivity contribution in [3.8, 4) is 0 Å². The SMILES string of the molecule is Cc1cccc(N(CC(=O)Nc2ccc(Cl)cc2C(F)(F)F)S(C)(=O)=O)c1. The van der Waals surface area contributed by atoms with Crippen molar-refractivity contribution in [2.24, 2.45) is 0 Å². The van der Waals surface area contributed by atoms with Crippen molar-refractivity contribution < 1.29 is 26.4 Å². The van der Waals surface area contributed by atoms with Gasteiger partial charge in [-0.2, -0.15) is 13.2 Å². The van der Waals surface area contributed by atoms with Gasteiger partial charge in [-0.05, 0) is 42.8 Å². The summed E-state index contributed by atoms with van der Waals surface area (Å²) in [4.78, 5) is 12.3. The minimum Gasteiger partial charge on any atom is -0.324 e. The van der Waals surface area contributed by atoms with Gasteiger partial charge in [0.15, 0.2) is 0 Å². The molecule has 0 aliphatic rings. The highest BCUT2D eigenvalue weighted by atomic mass is 35.5. The van der Waals surface area contributed by atoms with Gasteiger partial charge in [0.05, 0.1) is 23.2 Å². The average Bonchev–Trinajstić information content (AvgIpc) is 2.52. The largest absolute Gasteiger partial charge is 0.418 e. The summed E-state index contributed by atoms with van der Waals surface area (Å²) in [5, 5.41) is 1.97. The molecular formula is C17H16ClF3N2O3S. The second kappa shape index (κ2) is 7.77. The molecule has 0 radical (unpaired) electrons. The maximum atomic E-state index is 13.1. The summed E-state index contributed by atoms with van der Waals surface area (Å²) in [5.41, 5.74) is -0.627. The van der Waals surface area contributed by atoms with Crippen LogP contribution in [0.3, 0.4) is 0 Å². The summed E-state index contributed by atoms with van der Waals surface area (Å²) in [6, 6.07) is 9.30. The van der Waals surface area contributed by atoms with Crippen LogP contribution >= 0.6 is 11.6 Å². The molecule has 0 atom stereocenters. The topological polar surface area (TPSA) is 66.5 Å². The van der Waals surface area contributed by atoms with Crippen LogP contribution in [0.25, 0.3) is 0 Å². The zero-order valence-electron chi connectivity index (χ0n) is 14.3. The fourth-order valence-electron chi connectivity index (χ4n) is 2.36. The summed E-state index contributed by atoms with van der Waals surface area (Å²) in [5.74, 6) is -0.922. The van der Waals surface area contributed by atoms with E-state index in [4.69, 9.17) is 11.6 Å². The molecule has 1 N–H and O–H groups in total. The Kier molecular flexibility index (Phi) is 6.06. The zero-order chi connectivity index (χ0) is 20.4. The number of hydrogen-bond donors (Lipinski definition) is 1. The summed E-state index contributed by atoms with van der Waals surface area (Å²) >= 11 is 5.60. The zero-order valence-corrected chi connectivity index (χ0v) is 15.9. The number of anilines is 2. The van der Waals surface area contributed by atoms with Gasteiger partial charge in [0, 0.05) is 5.02 Å². The molecule has 10 heteroatoms. The molecule has 0 saturated heterocycles. The average molecular weight is 421 g/mol. The summed E-state index contributed by atoms with van der Waals surface area (Å²) in [6.45, 7) is 1.07. The molecule has 0 heterocycles. The first-order chi connectivity index (χ1) is 12.4. The van der Waals surface area contributed by atoms with Crippen molar-refractivity contribution in [2.45, 2.75) is 13.1 Å². The van der Waals surface area contributed by atoms with Gasteiger partial charge in [0.2, 0.25) is 15.9 Å². The van der Waals surface area contributed by atoms with E-state index >= 15 is 0 Å². The number of carbonyl (C=O) groups excluding carboxylic acids is 1. The monoisotopic (exact) mass is 420 g/mol. The first kappa shape index (κ1) is 21.0. The van der Waals surface area contributed by atoms with Crippen LogP contribution in [-0.4, -0.2) is 27.1 Å². The number of alkyl halides is 3. The van der Waals surface area contributed by atoms with E-state index in [1.165, 1.54) is 12.1 Å². The number of nitrogens with one attached hydrogen (secondary N) is 1. The number of aryl methyl sites for hydroxylation is 1. The Morgan fingerprint density at radius 3 is 2.41 bits per heavy atom. The van der Waals surface area contributed by atoms with Crippen LogP contribution in [0.4, 0.5) is 24.5 Å². The molecule has 0 saturated carbocycles. The summed E-state index contributed by atoms with van der Waals surface area (Å²) < 4.78 is 64.3. The Labute approximate surface area is 159 Å². The molecule has 0 unspecified atom stereocenters. The molecule has 0 fully saturated rings. The Bertz CT molecular complexity index is 962. The fourth-order valence-corrected chi connectivity index (χ4v) is 3.38. The van der Waals surface area contributed by atoms with E-state index in [2.05, 4.69) is 5.32 Å². The Morgan fingerprint density at radius 2 is 1.85 bits per heavy atom. The van der Waals surface area contributed by atoms with Crippen LogP contribution < -0.4 is 9.62 Å². The predicted molar refractivity (Wildman–Crippen MR) is 98.5 cm³/mol. The number of amides is 1. The lowest BCUT2D eigenvalue weighted by Crippen LogP contribution is -2.37. The van der Waals surface area contributed by atoms with Gasteiger partial charge in [0.25, 0.3) is 0 Å². The van der Waals surface area contributed by atoms with Crippen LogP contribution in [0.5, 0.6) is 0 Å². The van der Waals surface area contributed by atoms with Gasteiger partial charge in [-0.1, -0.05) is 23.7 Å². The third-order valence-corrected chi connectivity index (χ3v) is 4.91. The summed E-state index contributed by atoms with van der Waals surface area (Å²) in [6.07, 6.45) is -3.83. The van der Waals surface area contributed by atoms with Crippen LogP contribution in [0.2, 0.25) is 5.02 Å². The van der Waals surface area contributed by atoms with E-state index in [-0.39, 0.29) is 10.7 Å². The van der Waals surface area contributed by atoms with Crippen LogP contribution in [0.1, 0.15) is 11.1 Å². The Balaban J connectivity index is 2.30. The maximum Gasteiger partial charge on any atom is 0.418 e. The fraction of sp³-hybridized carbons (Fsp3) is 0.235. The van der Waals surface area contributed by atoms with E-state index in [1.54, 1.807) is 25.1 Å². The first-order valence-corrected chi connectivity index (χ1v) is 9.81. The summed E-state index contributed by atoms with van der Waals surface area (Å²) in [7, 11) is -3.84. The minimum atomic E-state index is -4.74. The number of hydrogen-bond acceptors (Lipinski definition) is 3. The molecule has 146 valence electrons. The molecule has 0 bridgehead atoms. The van der Waals surface area contributed by atoms with Gasteiger partial charge in [-0.15, -0.1) is 0 Å². The molecular weight excluding hydrogens is 405 g/mol. The number of nitrogens with zero attached hydrogens (tertiary/aromatic N) is 1. The molecule has 0 aliphatic carbocycles. The highest BCUT2D eigenvalue weighted by Gasteiger charge is 2.34. The van der Waals surface area contributed by atoms with Crippen molar-refractivity contribution in [1.82, 2.24) is 0 Å². The van der Waals surface area contributed by atoms with Crippen molar-refractivity contribution in [3.05, 3.63) is 58.6 Å². The van der Waals surface area contributed by atoms with Crippen molar-refractivity contribution in [3.63, 3.8) is 0 Å². The Hall–Kier alpha value is -2.26. The van der Waals surface area contributed by atoms with E-state index in [9.17, 15) is 26.4 Å². The van der Waals surface area contributed by atoms with Gasteiger partial charge in [0.1, 0.15) is 6.54 Å². The second-order valence-electron chi connectivity index (χ2n) is 5.84. The molecule has 2 rings (SSSR count). The lowest BCUT2D eigenvalue weighted by atomic mass is 10.1. The highest BCUT2D eigenvalue weighted by Crippen LogP contribution is 2.36. The highest BCUT2D eigenvalue weighted by molar-refractivity contribution is 7.92. The molecule has 0 aromatic heterocycles. The van der Waals surface area contributed by atoms with E-state index < -0.39 is 39.9 Å². The van der Waals surface area contributed by atoms with Gasteiger partial charge in [-0.3, -0.25) is 9.10 Å². The maximum absolute atomic E-state index is 13.1. The molecule has 1 amide bonds. The van der Waals surface area contributed by atoms with E-state index in [0.717, 1.165) is 22.2 Å². The van der Waals surface area contributed by atoms with Crippen molar-refractivity contribution in [1.29, 1.82) is 0 Å². The van der Waals surface area contributed by atoms with E-state index in [0.29, 0.717) is 6.07 Å². The van der Waals surface area contributed by atoms with Gasteiger partial charge < -0.3 is 5.32 Å². The van der Waals surface area contributed by atoms with E-state index in [1.807, 2.05) is 0 Å². The van der Waals surface area contributed by atoms with Gasteiger partial charge >= 0.3 is 6.18 Å². The third-order valence-electron chi connectivity index (χ3n) is 3.54. The Morgan fingerprint density at radius 1 is 1.19 bits per heavy atom.